The maximum Gasteiger partial charge on any atom is 0.261 e. The molecule has 1 atom stereocenters. The maximum absolute atomic E-state index is 12.4. The van der Waals surface area contributed by atoms with Crippen LogP contribution in [0.25, 0.3) is 0 Å². The highest BCUT2D eigenvalue weighted by Crippen LogP contribution is 2.21. The third-order valence-electron chi connectivity index (χ3n) is 5.57. The summed E-state index contributed by atoms with van der Waals surface area (Å²) in [5, 5.41) is 2.98. The minimum absolute atomic E-state index is 0.0988. The van der Waals surface area contributed by atoms with Crippen LogP contribution in [0.2, 0.25) is 0 Å². The Morgan fingerprint density at radius 2 is 1.71 bits per heavy atom. The number of carbonyl (C=O) groups is 1. The average molecular weight is 381 g/mol. The number of hydrogen-bond donors (Lipinski definition) is 1. The Hall–Kier alpha value is -2.33. The van der Waals surface area contributed by atoms with Crippen LogP contribution < -0.4 is 10.1 Å². The summed E-state index contributed by atoms with van der Waals surface area (Å²) in [4.78, 5) is 14.9. The van der Waals surface area contributed by atoms with Gasteiger partial charge < -0.3 is 10.1 Å². The summed E-state index contributed by atoms with van der Waals surface area (Å²) < 4.78 is 5.86. The van der Waals surface area contributed by atoms with Crippen LogP contribution in [-0.4, -0.2) is 30.0 Å². The normalized spacial score (nSPS) is 15.8. The minimum atomic E-state index is -0.529. The van der Waals surface area contributed by atoms with E-state index in [-0.39, 0.29) is 5.91 Å². The smallest absolute Gasteiger partial charge is 0.261 e. The summed E-state index contributed by atoms with van der Waals surface area (Å²) in [5.41, 5.74) is 4.68. The Labute approximate surface area is 168 Å². The highest BCUT2D eigenvalue weighted by Gasteiger charge is 2.16. The van der Waals surface area contributed by atoms with Crippen LogP contribution >= 0.6 is 0 Å². The second-order valence-corrected chi connectivity index (χ2v) is 7.83. The zero-order chi connectivity index (χ0) is 19.9. The molecule has 4 heteroatoms. The van der Waals surface area contributed by atoms with E-state index in [0.717, 1.165) is 29.0 Å². The fourth-order valence-corrected chi connectivity index (χ4v) is 3.57. The third kappa shape index (κ3) is 5.59. The van der Waals surface area contributed by atoms with Gasteiger partial charge in [0.15, 0.2) is 6.10 Å². The van der Waals surface area contributed by atoms with Crippen molar-refractivity contribution in [2.75, 3.05) is 13.1 Å². The lowest BCUT2D eigenvalue weighted by Crippen LogP contribution is -2.36. The molecule has 2 aromatic rings. The maximum atomic E-state index is 12.4. The van der Waals surface area contributed by atoms with Crippen molar-refractivity contribution in [1.29, 1.82) is 0 Å². The lowest BCUT2D eigenvalue weighted by Gasteiger charge is -2.26. The molecular weight excluding hydrogens is 348 g/mol. The van der Waals surface area contributed by atoms with Crippen LogP contribution in [0.3, 0.4) is 0 Å². The predicted octanol–water partition coefficient (Wildman–Crippen LogP) is 4.37. The highest BCUT2D eigenvalue weighted by atomic mass is 16.5. The van der Waals surface area contributed by atoms with Crippen LogP contribution in [0, 0.1) is 13.8 Å². The predicted molar refractivity (Wildman–Crippen MR) is 113 cm³/mol. The van der Waals surface area contributed by atoms with Crippen molar-refractivity contribution in [3.05, 3.63) is 64.7 Å². The van der Waals surface area contributed by atoms with E-state index in [1.54, 1.807) is 6.92 Å². The zero-order valence-electron chi connectivity index (χ0n) is 17.3. The molecule has 3 rings (SSSR count). The lowest BCUT2D eigenvalue weighted by atomic mass is 10.1. The number of rotatable bonds is 7. The first-order valence-corrected chi connectivity index (χ1v) is 10.3. The Morgan fingerprint density at radius 1 is 1.04 bits per heavy atom. The molecular formula is C24H32N2O2. The van der Waals surface area contributed by atoms with Crippen molar-refractivity contribution in [1.82, 2.24) is 10.2 Å². The molecule has 0 aliphatic carbocycles. The van der Waals surface area contributed by atoms with Gasteiger partial charge in [-0.2, -0.15) is 0 Å². The number of nitrogens with one attached hydrogen (secondary N) is 1. The van der Waals surface area contributed by atoms with E-state index in [1.165, 1.54) is 37.9 Å². The fraction of sp³-hybridized carbons (Fsp3) is 0.458. The quantitative estimate of drug-likeness (QED) is 0.775. The Balaban J connectivity index is 1.47. The number of likely N-dealkylation sites (tertiary alicyclic amines) is 1. The van der Waals surface area contributed by atoms with Gasteiger partial charge in [0, 0.05) is 13.1 Å². The van der Waals surface area contributed by atoms with Gasteiger partial charge in [-0.05, 0) is 75.0 Å². The molecule has 0 aromatic heterocycles. The van der Waals surface area contributed by atoms with Crippen LogP contribution in [0.1, 0.15) is 48.4 Å². The van der Waals surface area contributed by atoms with Crippen LogP contribution in [-0.2, 0) is 17.9 Å². The molecule has 0 saturated carbocycles. The summed E-state index contributed by atoms with van der Waals surface area (Å²) >= 11 is 0. The standard InChI is InChI=1S/C24H32N2O2/c1-18-8-7-9-23(19(18)2)28-20(3)24(27)25-16-21-10-12-22(13-11-21)17-26-14-5-4-6-15-26/h7-13,20H,4-6,14-17H2,1-3H3,(H,25,27). The molecule has 1 amide bonds. The molecule has 1 heterocycles. The van der Waals surface area contributed by atoms with Crippen molar-refractivity contribution in [3.63, 3.8) is 0 Å². The molecule has 1 aliphatic heterocycles. The van der Waals surface area contributed by atoms with Crippen molar-refractivity contribution in [3.8, 4) is 5.75 Å². The van der Waals surface area contributed by atoms with Crippen molar-refractivity contribution >= 4 is 5.91 Å². The van der Waals surface area contributed by atoms with Gasteiger partial charge in [0.2, 0.25) is 0 Å². The number of hydrogen-bond acceptors (Lipinski definition) is 3. The molecule has 2 aromatic carbocycles. The molecule has 1 N–H and O–H groups in total. The van der Waals surface area contributed by atoms with Crippen molar-refractivity contribution < 1.29 is 9.53 Å². The first-order valence-electron chi connectivity index (χ1n) is 10.3. The SMILES string of the molecule is Cc1cccc(OC(C)C(=O)NCc2ccc(CN3CCCCC3)cc2)c1C. The van der Waals surface area contributed by atoms with Gasteiger partial charge in [-0.25, -0.2) is 0 Å². The molecule has 28 heavy (non-hydrogen) atoms. The molecule has 0 spiro atoms. The lowest BCUT2D eigenvalue weighted by molar-refractivity contribution is -0.127. The van der Waals surface area contributed by atoms with Crippen LogP contribution in [0.5, 0.6) is 5.75 Å². The van der Waals surface area contributed by atoms with E-state index in [4.69, 9.17) is 4.74 Å². The number of ether oxygens (including phenoxy) is 1. The van der Waals surface area contributed by atoms with E-state index in [0.29, 0.717) is 6.54 Å². The highest BCUT2D eigenvalue weighted by molar-refractivity contribution is 5.80. The molecule has 150 valence electrons. The first-order chi connectivity index (χ1) is 13.5. The number of benzene rings is 2. The minimum Gasteiger partial charge on any atom is -0.481 e. The molecule has 1 unspecified atom stereocenters. The largest absolute Gasteiger partial charge is 0.481 e. The topological polar surface area (TPSA) is 41.6 Å². The number of aryl methyl sites for hydroxylation is 1. The number of carbonyl (C=O) groups excluding carboxylic acids is 1. The zero-order valence-corrected chi connectivity index (χ0v) is 17.3. The van der Waals surface area contributed by atoms with Gasteiger partial charge in [0.1, 0.15) is 5.75 Å². The summed E-state index contributed by atoms with van der Waals surface area (Å²) in [6.07, 6.45) is 3.46. The third-order valence-corrected chi connectivity index (χ3v) is 5.57. The Bertz CT molecular complexity index is 780. The molecule has 0 radical (unpaired) electrons. The van der Waals surface area contributed by atoms with E-state index < -0.39 is 6.10 Å². The molecule has 1 aliphatic rings. The van der Waals surface area contributed by atoms with E-state index >= 15 is 0 Å². The number of piperidine rings is 1. The van der Waals surface area contributed by atoms with Crippen molar-refractivity contribution in [2.24, 2.45) is 0 Å². The van der Waals surface area contributed by atoms with Crippen molar-refractivity contribution in [2.45, 2.75) is 59.2 Å². The Morgan fingerprint density at radius 3 is 2.43 bits per heavy atom. The van der Waals surface area contributed by atoms with E-state index in [9.17, 15) is 4.79 Å². The van der Waals surface area contributed by atoms with Gasteiger partial charge >= 0.3 is 0 Å². The van der Waals surface area contributed by atoms with E-state index in [1.807, 2.05) is 32.0 Å². The molecule has 4 nitrogen and oxygen atoms in total. The summed E-state index contributed by atoms with van der Waals surface area (Å²) in [6.45, 7) is 9.80. The molecule has 1 saturated heterocycles. The van der Waals surface area contributed by atoms with Gasteiger partial charge in [-0.3, -0.25) is 9.69 Å². The monoisotopic (exact) mass is 380 g/mol. The van der Waals surface area contributed by atoms with E-state index in [2.05, 4.69) is 34.5 Å². The second-order valence-electron chi connectivity index (χ2n) is 7.83. The second kappa shape index (κ2) is 9.74. The fourth-order valence-electron chi connectivity index (χ4n) is 3.57. The number of nitrogens with zero attached hydrogens (tertiary/aromatic N) is 1. The Kier molecular flexibility index (Phi) is 7.10. The summed E-state index contributed by atoms with van der Waals surface area (Å²) in [5.74, 6) is 0.669. The van der Waals surface area contributed by atoms with Gasteiger partial charge in [-0.1, -0.05) is 42.8 Å². The van der Waals surface area contributed by atoms with Gasteiger partial charge in [0.25, 0.3) is 5.91 Å². The van der Waals surface area contributed by atoms with Crippen LogP contribution in [0.4, 0.5) is 0 Å². The number of amides is 1. The average Bonchev–Trinajstić information content (AvgIpc) is 2.71. The first kappa shape index (κ1) is 20.4. The van der Waals surface area contributed by atoms with Gasteiger partial charge in [0.05, 0.1) is 0 Å². The summed E-state index contributed by atoms with van der Waals surface area (Å²) in [7, 11) is 0. The molecule has 1 fully saturated rings. The van der Waals surface area contributed by atoms with Gasteiger partial charge in [-0.15, -0.1) is 0 Å². The summed E-state index contributed by atoms with van der Waals surface area (Å²) in [6, 6.07) is 14.5. The molecule has 0 bridgehead atoms. The van der Waals surface area contributed by atoms with Crippen LogP contribution in [0.15, 0.2) is 42.5 Å².